The molecule has 80 valence electrons. The molecule has 0 spiro atoms. The summed E-state index contributed by atoms with van der Waals surface area (Å²) < 4.78 is 19.0. The number of ether oxygens (including phenoxy) is 1. The van der Waals surface area contributed by atoms with Crippen LogP contribution in [-0.4, -0.2) is 12.4 Å². The van der Waals surface area contributed by atoms with Crippen LogP contribution in [-0.2, 0) is 9.53 Å². The van der Waals surface area contributed by atoms with Gasteiger partial charge in [0.05, 0.1) is 12.7 Å². The van der Waals surface area contributed by atoms with E-state index in [9.17, 15) is 9.18 Å². The quantitative estimate of drug-likeness (QED) is 0.786. The van der Waals surface area contributed by atoms with Gasteiger partial charge in [-0.25, -0.2) is 4.39 Å². The van der Waals surface area contributed by atoms with Gasteiger partial charge in [0, 0.05) is 17.3 Å². The van der Waals surface area contributed by atoms with Crippen LogP contribution in [0, 0.1) is 5.82 Å². The Bertz CT molecular complexity index is 392. The molecule has 0 bridgehead atoms. The van der Waals surface area contributed by atoms with Crippen LogP contribution in [0.1, 0.15) is 24.5 Å². The molecular weight excluding hydrogens is 263 g/mol. The average Bonchev–Trinajstić information content (AvgIpc) is 2.17. The summed E-state index contributed by atoms with van der Waals surface area (Å²) in [6.45, 7) is 0.452. The van der Waals surface area contributed by atoms with Gasteiger partial charge in [0.15, 0.2) is 0 Å². The van der Waals surface area contributed by atoms with E-state index in [0.29, 0.717) is 23.9 Å². The van der Waals surface area contributed by atoms with Crippen LogP contribution in [0.3, 0.4) is 0 Å². The van der Waals surface area contributed by atoms with Crippen molar-refractivity contribution in [2.75, 3.05) is 6.61 Å². The lowest BCUT2D eigenvalue weighted by Gasteiger charge is -2.23. The Hall–Kier alpha value is -0.740. The highest BCUT2D eigenvalue weighted by molar-refractivity contribution is 9.10. The maximum atomic E-state index is 12.9. The fourth-order valence-corrected chi connectivity index (χ4v) is 2.25. The molecule has 1 aliphatic rings. The first-order chi connectivity index (χ1) is 7.16. The number of ketones is 1. The SMILES string of the molecule is O=C1CCOC(c2ccc(F)cc2Br)C1. The molecule has 1 heterocycles. The summed E-state index contributed by atoms with van der Waals surface area (Å²) in [4.78, 5) is 11.3. The number of halogens is 2. The van der Waals surface area contributed by atoms with Gasteiger partial charge in [-0.15, -0.1) is 0 Å². The highest BCUT2D eigenvalue weighted by Gasteiger charge is 2.23. The first-order valence-electron chi connectivity index (χ1n) is 4.75. The summed E-state index contributed by atoms with van der Waals surface area (Å²) >= 11 is 3.27. The summed E-state index contributed by atoms with van der Waals surface area (Å²) in [5.74, 6) is -0.102. The van der Waals surface area contributed by atoms with Gasteiger partial charge in [-0.1, -0.05) is 22.0 Å². The highest BCUT2D eigenvalue weighted by atomic mass is 79.9. The van der Waals surface area contributed by atoms with Gasteiger partial charge in [-0.05, 0) is 17.7 Å². The Balaban J connectivity index is 2.24. The normalized spacial score (nSPS) is 21.7. The topological polar surface area (TPSA) is 26.3 Å². The van der Waals surface area contributed by atoms with Crippen LogP contribution in [0.25, 0.3) is 0 Å². The van der Waals surface area contributed by atoms with E-state index >= 15 is 0 Å². The Kier molecular flexibility index (Phi) is 3.17. The van der Waals surface area contributed by atoms with Crippen molar-refractivity contribution in [1.29, 1.82) is 0 Å². The molecule has 1 aromatic rings. The van der Waals surface area contributed by atoms with Crippen molar-refractivity contribution in [3.8, 4) is 0 Å². The number of carbonyl (C=O) groups excluding carboxylic acids is 1. The molecule has 0 N–H and O–H groups in total. The van der Waals surface area contributed by atoms with Gasteiger partial charge in [0.2, 0.25) is 0 Å². The average molecular weight is 273 g/mol. The molecule has 0 saturated carbocycles. The highest BCUT2D eigenvalue weighted by Crippen LogP contribution is 2.31. The van der Waals surface area contributed by atoms with Crippen molar-refractivity contribution in [2.24, 2.45) is 0 Å². The van der Waals surface area contributed by atoms with Gasteiger partial charge in [-0.3, -0.25) is 4.79 Å². The molecule has 1 aromatic carbocycles. The molecule has 4 heteroatoms. The summed E-state index contributed by atoms with van der Waals surface area (Å²) in [7, 11) is 0. The molecule has 1 aliphatic heterocycles. The Labute approximate surface area is 95.6 Å². The van der Waals surface area contributed by atoms with Crippen molar-refractivity contribution < 1.29 is 13.9 Å². The first kappa shape index (κ1) is 10.8. The molecule has 1 unspecified atom stereocenters. The summed E-state index contributed by atoms with van der Waals surface area (Å²) in [5.41, 5.74) is 0.837. The molecule has 0 aromatic heterocycles. The fourth-order valence-electron chi connectivity index (χ4n) is 1.65. The number of carbonyl (C=O) groups is 1. The second kappa shape index (κ2) is 4.41. The van der Waals surface area contributed by atoms with Gasteiger partial charge in [0.1, 0.15) is 11.6 Å². The Morgan fingerprint density at radius 2 is 2.27 bits per heavy atom. The lowest BCUT2D eigenvalue weighted by molar-refractivity contribution is -0.128. The van der Waals surface area contributed by atoms with Crippen molar-refractivity contribution in [3.05, 3.63) is 34.1 Å². The van der Waals surface area contributed by atoms with Crippen molar-refractivity contribution in [3.63, 3.8) is 0 Å². The fraction of sp³-hybridized carbons (Fsp3) is 0.364. The third kappa shape index (κ3) is 2.44. The van der Waals surface area contributed by atoms with Crippen LogP contribution >= 0.6 is 15.9 Å². The minimum Gasteiger partial charge on any atom is -0.373 e. The molecule has 0 amide bonds. The van der Waals surface area contributed by atoms with Gasteiger partial charge >= 0.3 is 0 Å². The van der Waals surface area contributed by atoms with E-state index in [1.54, 1.807) is 6.07 Å². The van der Waals surface area contributed by atoms with Crippen molar-refractivity contribution >= 4 is 21.7 Å². The molecule has 1 saturated heterocycles. The van der Waals surface area contributed by atoms with E-state index < -0.39 is 0 Å². The van der Waals surface area contributed by atoms with Gasteiger partial charge in [0.25, 0.3) is 0 Å². The van der Waals surface area contributed by atoms with E-state index in [4.69, 9.17) is 4.74 Å². The van der Waals surface area contributed by atoms with Crippen molar-refractivity contribution in [2.45, 2.75) is 18.9 Å². The second-order valence-electron chi connectivity index (χ2n) is 3.52. The largest absolute Gasteiger partial charge is 0.373 e. The Morgan fingerprint density at radius 3 is 2.93 bits per heavy atom. The van der Waals surface area contributed by atoms with Crippen LogP contribution in [0.2, 0.25) is 0 Å². The lowest BCUT2D eigenvalue weighted by Crippen LogP contribution is -2.19. The van der Waals surface area contributed by atoms with Crippen LogP contribution < -0.4 is 0 Å². The third-order valence-corrected chi connectivity index (χ3v) is 3.11. The Morgan fingerprint density at radius 1 is 1.47 bits per heavy atom. The van der Waals surface area contributed by atoms with E-state index in [2.05, 4.69) is 15.9 Å². The second-order valence-corrected chi connectivity index (χ2v) is 4.37. The van der Waals surface area contributed by atoms with Gasteiger partial charge in [-0.2, -0.15) is 0 Å². The number of rotatable bonds is 1. The maximum absolute atomic E-state index is 12.9. The van der Waals surface area contributed by atoms with Crippen LogP contribution in [0.15, 0.2) is 22.7 Å². The molecule has 1 fully saturated rings. The van der Waals surface area contributed by atoms with Crippen LogP contribution in [0.5, 0.6) is 0 Å². The molecule has 2 rings (SSSR count). The van der Waals surface area contributed by atoms with E-state index in [1.165, 1.54) is 12.1 Å². The zero-order valence-corrected chi connectivity index (χ0v) is 9.59. The number of Topliss-reactive ketones (excluding diaryl/α,β-unsaturated/α-hetero) is 1. The van der Waals surface area contributed by atoms with E-state index in [0.717, 1.165) is 5.56 Å². The predicted molar refractivity (Wildman–Crippen MR) is 57.0 cm³/mol. The first-order valence-corrected chi connectivity index (χ1v) is 5.54. The smallest absolute Gasteiger partial charge is 0.138 e. The zero-order chi connectivity index (χ0) is 10.8. The van der Waals surface area contributed by atoms with E-state index in [-0.39, 0.29) is 17.7 Å². The summed E-state index contributed by atoms with van der Waals surface area (Å²) in [6.07, 6.45) is 0.626. The van der Waals surface area contributed by atoms with Crippen LogP contribution in [0.4, 0.5) is 4.39 Å². The number of benzene rings is 1. The number of hydrogen-bond donors (Lipinski definition) is 0. The predicted octanol–water partition coefficient (Wildman–Crippen LogP) is 3.01. The monoisotopic (exact) mass is 272 g/mol. The summed E-state index contributed by atoms with van der Waals surface area (Å²) in [5, 5.41) is 0. The molecular formula is C11H10BrFO2. The van der Waals surface area contributed by atoms with Crippen molar-refractivity contribution in [1.82, 2.24) is 0 Å². The molecule has 0 aliphatic carbocycles. The zero-order valence-electron chi connectivity index (χ0n) is 8.00. The third-order valence-electron chi connectivity index (χ3n) is 2.42. The minimum atomic E-state index is -0.298. The standard InChI is InChI=1S/C11H10BrFO2/c12-10-5-7(13)1-2-9(10)11-6-8(14)3-4-15-11/h1-2,5,11H,3-4,6H2. The molecule has 1 atom stereocenters. The van der Waals surface area contributed by atoms with E-state index in [1.807, 2.05) is 0 Å². The number of hydrogen-bond acceptors (Lipinski definition) is 2. The van der Waals surface area contributed by atoms with Gasteiger partial charge < -0.3 is 4.74 Å². The maximum Gasteiger partial charge on any atom is 0.138 e. The minimum absolute atomic E-state index is 0.197. The molecule has 2 nitrogen and oxygen atoms in total. The lowest BCUT2D eigenvalue weighted by atomic mass is 10.0. The molecule has 15 heavy (non-hydrogen) atoms. The summed E-state index contributed by atoms with van der Waals surface area (Å²) in [6, 6.07) is 4.42. The molecule has 0 radical (unpaired) electrons.